The summed E-state index contributed by atoms with van der Waals surface area (Å²) in [7, 11) is 0. The van der Waals surface area contributed by atoms with Crippen LogP contribution in [-0.4, -0.2) is 4.98 Å². The van der Waals surface area contributed by atoms with Crippen molar-refractivity contribution in [2.45, 2.75) is 6.18 Å². The second-order valence-corrected chi connectivity index (χ2v) is 5.48. The largest absolute Gasteiger partial charge is 0.416 e. The molecule has 6 heteroatoms. The number of hydrogen-bond acceptors (Lipinski definition) is 1. The fourth-order valence-electron chi connectivity index (χ4n) is 2.20. The summed E-state index contributed by atoms with van der Waals surface area (Å²) in [6, 6.07) is 11.9. The highest BCUT2D eigenvalue weighted by Crippen LogP contribution is 2.35. The van der Waals surface area contributed by atoms with Gasteiger partial charge in [-0.25, -0.2) is 4.98 Å². The van der Waals surface area contributed by atoms with E-state index >= 15 is 0 Å². The number of hydrogen-bond donors (Lipinski definition) is 0. The number of halogens is 5. The summed E-state index contributed by atoms with van der Waals surface area (Å²) < 4.78 is 38.5. The maximum Gasteiger partial charge on any atom is 0.416 e. The number of rotatable bonds is 1. The van der Waals surface area contributed by atoms with Gasteiger partial charge >= 0.3 is 6.18 Å². The van der Waals surface area contributed by atoms with Crippen LogP contribution in [0.15, 0.2) is 48.5 Å². The van der Waals surface area contributed by atoms with Gasteiger partial charge < -0.3 is 0 Å². The molecule has 0 aliphatic rings. The molecule has 1 aromatic heterocycles. The van der Waals surface area contributed by atoms with Gasteiger partial charge in [-0.2, -0.15) is 13.2 Å². The molecule has 0 unspecified atom stereocenters. The van der Waals surface area contributed by atoms with Gasteiger partial charge in [0.2, 0.25) is 0 Å². The Morgan fingerprint density at radius 3 is 2.32 bits per heavy atom. The molecule has 3 rings (SSSR count). The van der Waals surface area contributed by atoms with Crippen LogP contribution in [0.25, 0.3) is 22.0 Å². The van der Waals surface area contributed by atoms with Gasteiger partial charge in [0.15, 0.2) is 0 Å². The van der Waals surface area contributed by atoms with Crippen LogP contribution in [-0.2, 0) is 6.18 Å². The molecule has 0 fully saturated rings. The highest BCUT2D eigenvalue weighted by atomic mass is 35.5. The quantitative estimate of drug-likeness (QED) is 0.478. The predicted molar refractivity (Wildman–Crippen MR) is 82.2 cm³/mol. The Balaban J connectivity index is 2.24. The number of fused-ring (bicyclic) bond motifs is 1. The highest BCUT2D eigenvalue weighted by Gasteiger charge is 2.30. The van der Waals surface area contributed by atoms with E-state index in [1.807, 2.05) is 0 Å². The molecule has 0 aliphatic heterocycles. The number of benzene rings is 2. The fraction of sp³-hybridized carbons (Fsp3) is 0.0625. The van der Waals surface area contributed by atoms with Crippen LogP contribution < -0.4 is 0 Å². The summed E-state index contributed by atoms with van der Waals surface area (Å²) in [5.41, 5.74) is 0.320. The topological polar surface area (TPSA) is 12.9 Å². The van der Waals surface area contributed by atoms with Gasteiger partial charge in [-0.3, -0.25) is 0 Å². The minimum atomic E-state index is -4.41. The molecule has 0 saturated heterocycles. The molecule has 112 valence electrons. The van der Waals surface area contributed by atoms with Crippen molar-refractivity contribution in [3.8, 4) is 11.3 Å². The lowest BCUT2D eigenvalue weighted by atomic mass is 10.0. The zero-order valence-corrected chi connectivity index (χ0v) is 12.5. The van der Waals surface area contributed by atoms with E-state index in [9.17, 15) is 13.2 Å². The van der Waals surface area contributed by atoms with Gasteiger partial charge in [0.05, 0.1) is 11.3 Å². The summed E-state index contributed by atoms with van der Waals surface area (Å²) in [5, 5.41) is 1.42. The number of pyridine rings is 1. The molecule has 2 aromatic carbocycles. The SMILES string of the molecule is FC(F)(F)c1ccc2c(Cl)nc(-c3ccccc3Cl)cc2c1. The van der Waals surface area contributed by atoms with Crippen LogP contribution in [0.4, 0.5) is 13.2 Å². The van der Waals surface area contributed by atoms with Crippen molar-refractivity contribution in [2.75, 3.05) is 0 Å². The average Bonchev–Trinajstić information content (AvgIpc) is 2.46. The maximum atomic E-state index is 12.8. The molecule has 0 amide bonds. The van der Waals surface area contributed by atoms with E-state index in [1.54, 1.807) is 30.3 Å². The molecular formula is C16H8Cl2F3N. The Morgan fingerprint density at radius 1 is 0.909 bits per heavy atom. The van der Waals surface area contributed by atoms with E-state index in [1.165, 1.54) is 6.07 Å². The molecule has 0 aliphatic carbocycles. The first-order valence-corrected chi connectivity index (χ1v) is 7.04. The van der Waals surface area contributed by atoms with E-state index in [2.05, 4.69) is 4.98 Å². The van der Waals surface area contributed by atoms with Crippen molar-refractivity contribution < 1.29 is 13.2 Å². The summed E-state index contributed by atoms with van der Waals surface area (Å²) in [5.74, 6) is 0. The van der Waals surface area contributed by atoms with E-state index in [4.69, 9.17) is 23.2 Å². The van der Waals surface area contributed by atoms with Crippen molar-refractivity contribution in [2.24, 2.45) is 0 Å². The fourth-order valence-corrected chi connectivity index (χ4v) is 2.69. The first-order chi connectivity index (χ1) is 10.4. The maximum absolute atomic E-state index is 12.8. The first kappa shape index (κ1) is 15.1. The molecule has 1 heterocycles. The van der Waals surface area contributed by atoms with Crippen LogP contribution >= 0.6 is 23.2 Å². The Labute approximate surface area is 134 Å². The van der Waals surface area contributed by atoms with Crippen molar-refractivity contribution in [3.63, 3.8) is 0 Å². The molecule has 0 radical (unpaired) electrons. The van der Waals surface area contributed by atoms with E-state index in [0.29, 0.717) is 27.1 Å². The third-order valence-electron chi connectivity index (χ3n) is 3.26. The van der Waals surface area contributed by atoms with Crippen molar-refractivity contribution in [1.82, 2.24) is 4.98 Å². The van der Waals surface area contributed by atoms with Gasteiger partial charge in [-0.05, 0) is 29.7 Å². The highest BCUT2D eigenvalue weighted by molar-refractivity contribution is 6.35. The first-order valence-electron chi connectivity index (χ1n) is 6.28. The van der Waals surface area contributed by atoms with Crippen molar-refractivity contribution in [3.05, 3.63) is 64.3 Å². The van der Waals surface area contributed by atoms with Crippen LogP contribution in [0.3, 0.4) is 0 Å². The predicted octanol–water partition coefficient (Wildman–Crippen LogP) is 6.23. The van der Waals surface area contributed by atoms with E-state index in [-0.39, 0.29) is 5.15 Å². The van der Waals surface area contributed by atoms with Crippen LogP contribution in [0, 0.1) is 0 Å². The molecule has 0 atom stereocenters. The summed E-state index contributed by atoms with van der Waals surface area (Å²) in [6.45, 7) is 0. The lowest BCUT2D eigenvalue weighted by Crippen LogP contribution is -2.04. The van der Waals surface area contributed by atoms with Crippen molar-refractivity contribution in [1.29, 1.82) is 0 Å². The molecule has 1 nitrogen and oxygen atoms in total. The third-order valence-corrected chi connectivity index (χ3v) is 3.88. The van der Waals surface area contributed by atoms with Gasteiger partial charge in [-0.15, -0.1) is 0 Å². The van der Waals surface area contributed by atoms with Gasteiger partial charge in [0.25, 0.3) is 0 Å². The number of alkyl halides is 3. The zero-order chi connectivity index (χ0) is 15.9. The molecule has 0 saturated carbocycles. The summed E-state index contributed by atoms with van der Waals surface area (Å²) in [4.78, 5) is 4.22. The van der Waals surface area contributed by atoms with Gasteiger partial charge in [-0.1, -0.05) is 47.5 Å². The number of nitrogens with zero attached hydrogens (tertiary/aromatic N) is 1. The molecule has 0 bridgehead atoms. The zero-order valence-electron chi connectivity index (χ0n) is 11.0. The van der Waals surface area contributed by atoms with Crippen LogP contribution in [0.2, 0.25) is 10.2 Å². The minimum Gasteiger partial charge on any atom is -0.235 e. The Kier molecular flexibility index (Phi) is 3.75. The van der Waals surface area contributed by atoms with E-state index in [0.717, 1.165) is 12.1 Å². The lowest BCUT2D eigenvalue weighted by Gasteiger charge is -2.10. The van der Waals surface area contributed by atoms with Crippen LogP contribution in [0.5, 0.6) is 0 Å². The Hall–Kier alpha value is -1.78. The molecule has 0 N–H and O–H groups in total. The molecule has 0 spiro atoms. The Morgan fingerprint density at radius 2 is 1.64 bits per heavy atom. The molecule has 22 heavy (non-hydrogen) atoms. The lowest BCUT2D eigenvalue weighted by molar-refractivity contribution is -0.137. The monoisotopic (exact) mass is 341 g/mol. The second-order valence-electron chi connectivity index (χ2n) is 4.71. The number of aromatic nitrogens is 1. The minimum absolute atomic E-state index is 0.140. The third kappa shape index (κ3) is 2.76. The van der Waals surface area contributed by atoms with Gasteiger partial charge in [0.1, 0.15) is 5.15 Å². The van der Waals surface area contributed by atoms with E-state index < -0.39 is 11.7 Å². The molecular weight excluding hydrogens is 334 g/mol. The standard InChI is InChI=1S/C16H8Cl2F3N/c17-13-4-2-1-3-12(13)14-8-9-7-10(16(19,20)21)5-6-11(9)15(18)22-14/h1-8H. The smallest absolute Gasteiger partial charge is 0.235 e. The Bertz CT molecular complexity index is 860. The normalized spacial score (nSPS) is 11.9. The van der Waals surface area contributed by atoms with Crippen molar-refractivity contribution >= 4 is 34.0 Å². The molecule has 3 aromatic rings. The average molecular weight is 342 g/mol. The van der Waals surface area contributed by atoms with Crippen LogP contribution in [0.1, 0.15) is 5.56 Å². The second kappa shape index (κ2) is 5.45. The summed E-state index contributed by atoms with van der Waals surface area (Å²) in [6.07, 6.45) is -4.41. The van der Waals surface area contributed by atoms with Gasteiger partial charge in [0, 0.05) is 16.0 Å². The summed E-state index contributed by atoms with van der Waals surface area (Å²) >= 11 is 12.2.